The first-order valence-corrected chi connectivity index (χ1v) is 12.4. The molecule has 9 nitrogen and oxygen atoms in total. The molecule has 0 spiro atoms. The average Bonchev–Trinajstić information content (AvgIpc) is 3.24. The Hall–Kier alpha value is -3.11. The van der Waals surface area contributed by atoms with Gasteiger partial charge in [-0.25, -0.2) is 8.42 Å². The van der Waals surface area contributed by atoms with Crippen LogP contribution in [-0.2, 0) is 21.4 Å². The highest BCUT2D eigenvalue weighted by molar-refractivity contribution is 7.89. The van der Waals surface area contributed by atoms with Crippen LogP contribution < -0.4 is 5.32 Å². The van der Waals surface area contributed by atoms with Gasteiger partial charge in [0.1, 0.15) is 6.54 Å². The number of carbonyl (C=O) groups is 1. The standard InChI is InChI=1S/C23H30N6O3S/c1-6-28(7-2)33(31,32)20-13-8-17(5)21(14-20)24-22(30)15-29-26-23(25-27-29)19-11-9-18(10-12-19)16(3)4/h8-14,16H,6-7,15H2,1-5H3,(H,24,30). The molecule has 0 aliphatic heterocycles. The number of carbonyl (C=O) groups excluding carboxylic acids is 1. The molecule has 176 valence electrons. The molecule has 1 amide bonds. The second kappa shape index (κ2) is 10.2. The van der Waals surface area contributed by atoms with E-state index in [1.807, 2.05) is 24.3 Å². The number of sulfonamides is 1. The maximum atomic E-state index is 12.8. The summed E-state index contributed by atoms with van der Waals surface area (Å²) in [7, 11) is -3.63. The number of aryl methyl sites for hydroxylation is 1. The van der Waals surface area contributed by atoms with Gasteiger partial charge in [-0.3, -0.25) is 4.79 Å². The quantitative estimate of drug-likeness (QED) is 0.513. The first-order chi connectivity index (χ1) is 15.6. The zero-order valence-corrected chi connectivity index (χ0v) is 20.4. The van der Waals surface area contributed by atoms with Crippen molar-refractivity contribution in [2.45, 2.75) is 52.0 Å². The fraction of sp³-hybridized carbons (Fsp3) is 0.391. The van der Waals surface area contributed by atoms with E-state index in [0.717, 1.165) is 11.1 Å². The Bertz CT molecular complexity index is 1220. The Morgan fingerprint density at radius 1 is 1.09 bits per heavy atom. The van der Waals surface area contributed by atoms with Crippen molar-refractivity contribution in [2.75, 3.05) is 18.4 Å². The Kier molecular flexibility index (Phi) is 7.60. The van der Waals surface area contributed by atoms with E-state index in [1.165, 1.54) is 20.7 Å². The summed E-state index contributed by atoms with van der Waals surface area (Å²) in [6.07, 6.45) is 0. The highest BCUT2D eigenvalue weighted by Crippen LogP contribution is 2.23. The fourth-order valence-corrected chi connectivity index (χ4v) is 4.85. The number of amides is 1. The molecule has 0 atom stereocenters. The van der Waals surface area contributed by atoms with Crippen LogP contribution in [0.3, 0.4) is 0 Å². The zero-order chi connectivity index (χ0) is 24.2. The number of hydrogen-bond acceptors (Lipinski definition) is 6. The molecule has 0 unspecified atom stereocenters. The Morgan fingerprint density at radius 3 is 2.36 bits per heavy atom. The van der Waals surface area contributed by atoms with Crippen molar-refractivity contribution in [1.82, 2.24) is 24.5 Å². The third kappa shape index (κ3) is 5.63. The molecule has 0 fully saturated rings. The molecular formula is C23H30N6O3S. The van der Waals surface area contributed by atoms with Crippen molar-refractivity contribution in [3.63, 3.8) is 0 Å². The number of aromatic nitrogens is 4. The molecule has 3 aromatic rings. The molecule has 1 aromatic heterocycles. The molecule has 3 rings (SSSR count). The lowest BCUT2D eigenvalue weighted by Crippen LogP contribution is -2.30. The van der Waals surface area contributed by atoms with Gasteiger partial charge in [-0.1, -0.05) is 58.0 Å². The molecule has 0 saturated heterocycles. The molecule has 2 aromatic carbocycles. The minimum Gasteiger partial charge on any atom is -0.324 e. The third-order valence-corrected chi connectivity index (χ3v) is 7.45. The van der Waals surface area contributed by atoms with Crippen LogP contribution in [0, 0.1) is 6.92 Å². The average molecular weight is 471 g/mol. The molecule has 0 bridgehead atoms. The van der Waals surface area contributed by atoms with E-state index in [0.29, 0.717) is 30.5 Å². The summed E-state index contributed by atoms with van der Waals surface area (Å²) in [5.74, 6) is 0.478. The van der Waals surface area contributed by atoms with Gasteiger partial charge in [-0.2, -0.15) is 9.10 Å². The first-order valence-electron chi connectivity index (χ1n) is 10.9. The van der Waals surface area contributed by atoms with E-state index in [-0.39, 0.29) is 17.3 Å². The normalized spacial score (nSPS) is 11.8. The summed E-state index contributed by atoms with van der Waals surface area (Å²) >= 11 is 0. The second-order valence-electron chi connectivity index (χ2n) is 8.03. The number of nitrogens with one attached hydrogen (secondary N) is 1. The molecule has 0 aliphatic carbocycles. The fourth-order valence-electron chi connectivity index (χ4n) is 3.37. The molecule has 1 heterocycles. The van der Waals surface area contributed by atoms with Crippen LogP contribution in [0.5, 0.6) is 0 Å². The van der Waals surface area contributed by atoms with E-state index < -0.39 is 10.0 Å². The van der Waals surface area contributed by atoms with Gasteiger partial charge >= 0.3 is 0 Å². The second-order valence-corrected chi connectivity index (χ2v) is 9.97. The van der Waals surface area contributed by atoms with Crippen molar-refractivity contribution in [3.05, 3.63) is 53.6 Å². The Morgan fingerprint density at radius 2 is 1.76 bits per heavy atom. The van der Waals surface area contributed by atoms with Gasteiger partial charge in [0, 0.05) is 24.3 Å². The number of tetrazole rings is 1. The summed E-state index contributed by atoms with van der Waals surface area (Å²) < 4.78 is 27.0. The third-order valence-electron chi connectivity index (χ3n) is 5.40. The van der Waals surface area contributed by atoms with Gasteiger partial charge in [0.2, 0.25) is 21.8 Å². The summed E-state index contributed by atoms with van der Waals surface area (Å²) in [4.78, 5) is 14.0. The van der Waals surface area contributed by atoms with Gasteiger partial charge in [0.15, 0.2) is 0 Å². The van der Waals surface area contributed by atoms with Crippen molar-refractivity contribution >= 4 is 21.6 Å². The smallest absolute Gasteiger partial charge is 0.248 e. The molecule has 1 N–H and O–H groups in total. The van der Waals surface area contributed by atoms with E-state index >= 15 is 0 Å². The Balaban J connectivity index is 1.73. The molecule has 0 saturated carbocycles. The van der Waals surface area contributed by atoms with E-state index in [1.54, 1.807) is 32.9 Å². The monoisotopic (exact) mass is 470 g/mol. The van der Waals surface area contributed by atoms with E-state index in [2.05, 4.69) is 34.6 Å². The van der Waals surface area contributed by atoms with Crippen LogP contribution in [0.1, 0.15) is 44.7 Å². The molecule has 0 radical (unpaired) electrons. The highest BCUT2D eigenvalue weighted by Gasteiger charge is 2.22. The predicted octanol–water partition coefficient (Wildman–Crippen LogP) is 3.44. The summed E-state index contributed by atoms with van der Waals surface area (Å²) in [5.41, 5.74) is 3.21. The Labute approximate surface area is 194 Å². The number of benzene rings is 2. The van der Waals surface area contributed by atoms with Gasteiger partial charge in [-0.05, 0) is 41.3 Å². The lowest BCUT2D eigenvalue weighted by Gasteiger charge is -2.19. The first kappa shape index (κ1) is 24.5. The van der Waals surface area contributed by atoms with Crippen LogP contribution in [0.4, 0.5) is 5.69 Å². The van der Waals surface area contributed by atoms with Crippen molar-refractivity contribution < 1.29 is 13.2 Å². The van der Waals surface area contributed by atoms with Crippen molar-refractivity contribution in [2.24, 2.45) is 0 Å². The summed E-state index contributed by atoms with van der Waals surface area (Å²) in [6, 6.07) is 12.6. The zero-order valence-electron chi connectivity index (χ0n) is 19.6. The van der Waals surface area contributed by atoms with Crippen LogP contribution in [0.15, 0.2) is 47.4 Å². The van der Waals surface area contributed by atoms with Crippen molar-refractivity contribution in [1.29, 1.82) is 0 Å². The van der Waals surface area contributed by atoms with E-state index in [4.69, 9.17) is 0 Å². The van der Waals surface area contributed by atoms with Crippen LogP contribution in [-0.4, -0.2) is 51.9 Å². The molecule has 10 heteroatoms. The lowest BCUT2D eigenvalue weighted by molar-refractivity contribution is -0.117. The van der Waals surface area contributed by atoms with Gasteiger partial charge < -0.3 is 5.32 Å². The number of nitrogens with zero attached hydrogens (tertiary/aromatic N) is 5. The minimum absolute atomic E-state index is 0.137. The maximum absolute atomic E-state index is 12.8. The van der Waals surface area contributed by atoms with Gasteiger partial charge in [0.05, 0.1) is 4.90 Å². The number of hydrogen-bond donors (Lipinski definition) is 1. The van der Waals surface area contributed by atoms with Crippen LogP contribution in [0.2, 0.25) is 0 Å². The van der Waals surface area contributed by atoms with Crippen molar-refractivity contribution in [3.8, 4) is 11.4 Å². The van der Waals surface area contributed by atoms with Gasteiger partial charge in [0.25, 0.3) is 0 Å². The summed E-state index contributed by atoms with van der Waals surface area (Å²) in [6.45, 7) is 10.2. The number of rotatable bonds is 9. The molecular weight excluding hydrogens is 440 g/mol. The predicted molar refractivity (Wildman–Crippen MR) is 127 cm³/mol. The molecule has 33 heavy (non-hydrogen) atoms. The number of anilines is 1. The SMILES string of the molecule is CCN(CC)S(=O)(=O)c1ccc(C)c(NC(=O)Cn2nnc(-c3ccc(C(C)C)cc3)n2)c1. The topological polar surface area (TPSA) is 110 Å². The van der Waals surface area contributed by atoms with Crippen LogP contribution in [0.25, 0.3) is 11.4 Å². The highest BCUT2D eigenvalue weighted by atomic mass is 32.2. The largest absolute Gasteiger partial charge is 0.324 e. The summed E-state index contributed by atoms with van der Waals surface area (Å²) in [5, 5.41) is 15.1. The van der Waals surface area contributed by atoms with Crippen LogP contribution >= 0.6 is 0 Å². The van der Waals surface area contributed by atoms with E-state index in [9.17, 15) is 13.2 Å². The molecule has 0 aliphatic rings. The minimum atomic E-state index is -3.63. The maximum Gasteiger partial charge on any atom is 0.248 e. The lowest BCUT2D eigenvalue weighted by atomic mass is 10.0. The van der Waals surface area contributed by atoms with Gasteiger partial charge in [-0.15, -0.1) is 10.2 Å².